The van der Waals surface area contributed by atoms with Crippen molar-refractivity contribution in [1.29, 1.82) is 0 Å². The second-order valence-corrected chi connectivity index (χ2v) is 8.54. The van der Waals surface area contributed by atoms with Crippen LogP contribution < -0.4 is 15.5 Å². The standard InChI is InChI=1S/C23H28FN3S/c1-2-17-5-3-4-6-22(17)26-23(28)25-19-13-20-11-12-21(14-19)27(20)15-16-7-9-18(24)10-8-16/h3-10,19-21H,2,11-15H2,1H3,(H2,25,26,28)/p+1/t19?,20-,21+. The summed E-state index contributed by atoms with van der Waals surface area (Å²) in [6.45, 7) is 3.16. The molecule has 2 bridgehead atoms. The maximum Gasteiger partial charge on any atom is 0.171 e. The SMILES string of the molecule is CCc1ccccc1NC(=S)NC1C[C@H]2CC[C@@H](C1)[NH+]2Cc1ccc(F)cc1. The lowest BCUT2D eigenvalue weighted by atomic mass is 9.96. The summed E-state index contributed by atoms with van der Waals surface area (Å²) in [6.07, 6.45) is 5.83. The number of benzene rings is 2. The van der Waals surface area contributed by atoms with Crippen molar-refractivity contribution < 1.29 is 9.29 Å². The fourth-order valence-corrected chi connectivity index (χ4v) is 5.24. The van der Waals surface area contributed by atoms with Gasteiger partial charge in [-0.05, 0) is 42.4 Å². The lowest BCUT2D eigenvalue weighted by Crippen LogP contribution is -3.17. The quantitative estimate of drug-likeness (QED) is 0.674. The van der Waals surface area contributed by atoms with E-state index in [4.69, 9.17) is 12.2 Å². The molecule has 2 saturated heterocycles. The van der Waals surface area contributed by atoms with Crippen LogP contribution >= 0.6 is 12.2 Å². The monoisotopic (exact) mass is 398 g/mol. The summed E-state index contributed by atoms with van der Waals surface area (Å²) < 4.78 is 13.2. The van der Waals surface area contributed by atoms with Crippen LogP contribution in [-0.2, 0) is 13.0 Å². The van der Waals surface area contributed by atoms with Gasteiger partial charge in [-0.3, -0.25) is 0 Å². The van der Waals surface area contributed by atoms with Crippen LogP contribution in [0.4, 0.5) is 10.1 Å². The number of quaternary nitrogens is 1. The first-order chi connectivity index (χ1) is 13.6. The summed E-state index contributed by atoms with van der Waals surface area (Å²) in [7, 11) is 0. The van der Waals surface area contributed by atoms with E-state index in [-0.39, 0.29) is 5.82 Å². The van der Waals surface area contributed by atoms with Crippen molar-refractivity contribution in [3.05, 3.63) is 65.5 Å². The van der Waals surface area contributed by atoms with Crippen LogP contribution in [0.2, 0.25) is 0 Å². The highest BCUT2D eigenvalue weighted by Gasteiger charge is 2.44. The van der Waals surface area contributed by atoms with Crippen LogP contribution in [0, 0.1) is 5.82 Å². The lowest BCUT2D eigenvalue weighted by molar-refractivity contribution is -0.954. The predicted octanol–water partition coefficient (Wildman–Crippen LogP) is 3.45. The van der Waals surface area contributed by atoms with E-state index < -0.39 is 0 Å². The normalized spacial score (nSPS) is 26.1. The smallest absolute Gasteiger partial charge is 0.171 e. The number of aryl methyl sites for hydroxylation is 1. The molecule has 2 aromatic rings. The molecule has 4 atom stereocenters. The molecule has 148 valence electrons. The van der Waals surface area contributed by atoms with Crippen LogP contribution in [0.3, 0.4) is 0 Å². The number of halogens is 1. The third-order valence-corrected chi connectivity index (χ3v) is 6.57. The van der Waals surface area contributed by atoms with Gasteiger partial charge in [0.15, 0.2) is 5.11 Å². The molecular weight excluding hydrogens is 369 g/mol. The van der Waals surface area contributed by atoms with Gasteiger partial charge in [-0.1, -0.05) is 37.3 Å². The number of thiocarbonyl (C=S) groups is 1. The number of hydrogen-bond acceptors (Lipinski definition) is 1. The highest BCUT2D eigenvalue weighted by molar-refractivity contribution is 7.80. The van der Waals surface area contributed by atoms with E-state index in [0.717, 1.165) is 36.6 Å². The fourth-order valence-electron chi connectivity index (χ4n) is 4.97. The van der Waals surface area contributed by atoms with Crippen LogP contribution in [-0.4, -0.2) is 23.2 Å². The van der Waals surface area contributed by atoms with Gasteiger partial charge in [0, 0.05) is 43.0 Å². The second kappa shape index (κ2) is 8.58. The molecule has 0 saturated carbocycles. The third kappa shape index (κ3) is 4.36. The average molecular weight is 399 g/mol. The number of piperidine rings is 1. The molecule has 4 rings (SSSR count). The molecule has 3 N–H and O–H groups in total. The van der Waals surface area contributed by atoms with Gasteiger partial charge in [0.2, 0.25) is 0 Å². The third-order valence-electron chi connectivity index (χ3n) is 6.35. The maximum atomic E-state index is 13.2. The zero-order chi connectivity index (χ0) is 19.5. The second-order valence-electron chi connectivity index (χ2n) is 8.13. The number of hydrogen-bond donors (Lipinski definition) is 3. The molecule has 0 aromatic heterocycles. The molecule has 2 heterocycles. The molecule has 0 radical (unpaired) electrons. The molecule has 0 amide bonds. The van der Waals surface area contributed by atoms with E-state index in [1.807, 2.05) is 18.2 Å². The molecule has 0 spiro atoms. The van der Waals surface area contributed by atoms with Crippen LogP contribution in [0.25, 0.3) is 0 Å². The summed E-state index contributed by atoms with van der Waals surface area (Å²) in [4.78, 5) is 1.67. The van der Waals surface area contributed by atoms with E-state index in [0.29, 0.717) is 18.1 Å². The average Bonchev–Trinajstić information content (AvgIpc) is 2.92. The number of para-hydroxylation sites is 1. The Morgan fingerprint density at radius 2 is 1.75 bits per heavy atom. The zero-order valence-electron chi connectivity index (χ0n) is 16.4. The first kappa shape index (κ1) is 19.3. The molecular formula is C23H29FN3S+. The van der Waals surface area contributed by atoms with Gasteiger partial charge in [0.05, 0.1) is 12.1 Å². The first-order valence-electron chi connectivity index (χ1n) is 10.4. The maximum absolute atomic E-state index is 13.2. The Kier molecular flexibility index (Phi) is 5.93. The molecule has 2 fully saturated rings. The van der Waals surface area contributed by atoms with Gasteiger partial charge in [-0.25, -0.2) is 4.39 Å². The minimum Gasteiger partial charge on any atom is -0.359 e. The largest absolute Gasteiger partial charge is 0.359 e. The zero-order valence-corrected chi connectivity index (χ0v) is 17.2. The minimum atomic E-state index is -0.157. The van der Waals surface area contributed by atoms with Crippen LogP contribution in [0.1, 0.15) is 43.7 Å². The van der Waals surface area contributed by atoms with Gasteiger partial charge in [0.25, 0.3) is 0 Å². The van der Waals surface area contributed by atoms with Gasteiger partial charge in [0.1, 0.15) is 12.4 Å². The van der Waals surface area contributed by atoms with E-state index >= 15 is 0 Å². The van der Waals surface area contributed by atoms with Crippen molar-refractivity contribution in [3.63, 3.8) is 0 Å². The lowest BCUT2D eigenvalue weighted by Gasteiger charge is -2.37. The molecule has 2 aromatic carbocycles. The van der Waals surface area contributed by atoms with Crippen molar-refractivity contribution >= 4 is 23.0 Å². The Labute approximate surface area is 172 Å². The summed E-state index contributed by atoms with van der Waals surface area (Å²) >= 11 is 5.60. The van der Waals surface area contributed by atoms with Gasteiger partial charge >= 0.3 is 0 Å². The first-order valence-corrected chi connectivity index (χ1v) is 10.8. The fraction of sp³-hybridized carbons (Fsp3) is 0.435. The summed E-state index contributed by atoms with van der Waals surface area (Å²) in [5.74, 6) is -0.157. The molecule has 28 heavy (non-hydrogen) atoms. The Morgan fingerprint density at radius 1 is 1.07 bits per heavy atom. The highest BCUT2D eigenvalue weighted by atomic mass is 32.1. The van der Waals surface area contributed by atoms with Crippen molar-refractivity contribution in [2.45, 2.75) is 63.7 Å². The van der Waals surface area contributed by atoms with E-state index in [1.54, 1.807) is 17.0 Å². The van der Waals surface area contributed by atoms with Crippen molar-refractivity contribution in [2.24, 2.45) is 0 Å². The molecule has 3 nitrogen and oxygen atoms in total. The molecule has 2 aliphatic rings. The summed E-state index contributed by atoms with van der Waals surface area (Å²) in [6, 6.07) is 17.1. The van der Waals surface area contributed by atoms with Gasteiger partial charge in [-0.2, -0.15) is 0 Å². The van der Waals surface area contributed by atoms with Gasteiger partial charge in [-0.15, -0.1) is 0 Å². The minimum absolute atomic E-state index is 0.157. The molecule has 2 aliphatic heterocycles. The Morgan fingerprint density at radius 3 is 2.43 bits per heavy atom. The number of fused-ring (bicyclic) bond motifs is 2. The van der Waals surface area contributed by atoms with Crippen molar-refractivity contribution in [3.8, 4) is 0 Å². The number of nitrogens with one attached hydrogen (secondary N) is 3. The molecule has 5 heteroatoms. The Hall–Kier alpha value is -1.98. The molecule has 2 unspecified atom stereocenters. The van der Waals surface area contributed by atoms with Crippen molar-refractivity contribution in [2.75, 3.05) is 5.32 Å². The number of anilines is 1. The van der Waals surface area contributed by atoms with Crippen LogP contribution in [0.15, 0.2) is 48.5 Å². The topological polar surface area (TPSA) is 28.5 Å². The Balaban J connectivity index is 1.34. The molecule has 0 aliphatic carbocycles. The highest BCUT2D eigenvalue weighted by Crippen LogP contribution is 2.24. The van der Waals surface area contributed by atoms with E-state index in [2.05, 4.69) is 35.8 Å². The predicted molar refractivity (Wildman–Crippen MR) is 116 cm³/mol. The van der Waals surface area contributed by atoms with Crippen LogP contribution in [0.5, 0.6) is 0 Å². The van der Waals surface area contributed by atoms with E-state index in [1.165, 1.54) is 24.0 Å². The summed E-state index contributed by atoms with van der Waals surface area (Å²) in [5.41, 5.74) is 3.61. The van der Waals surface area contributed by atoms with Crippen molar-refractivity contribution in [1.82, 2.24) is 5.32 Å². The van der Waals surface area contributed by atoms with E-state index in [9.17, 15) is 4.39 Å². The Bertz CT molecular complexity index is 809. The van der Waals surface area contributed by atoms with Gasteiger partial charge < -0.3 is 15.5 Å². The summed E-state index contributed by atoms with van der Waals surface area (Å²) in [5, 5.41) is 7.69. The number of rotatable bonds is 5.